The number of amides is 2. The van der Waals surface area contributed by atoms with E-state index in [9.17, 15) is 4.79 Å². The lowest BCUT2D eigenvalue weighted by Gasteiger charge is -2.46. The van der Waals surface area contributed by atoms with Gasteiger partial charge in [0.2, 0.25) is 0 Å². The molecule has 5 nitrogen and oxygen atoms in total. The van der Waals surface area contributed by atoms with Crippen LogP contribution in [-0.2, 0) is 11.2 Å². The smallest absolute Gasteiger partial charge is 0.317 e. The predicted molar refractivity (Wildman–Crippen MR) is 81.3 cm³/mol. The van der Waals surface area contributed by atoms with Crippen molar-refractivity contribution in [3.05, 3.63) is 35.9 Å². The molecule has 2 aliphatic heterocycles. The van der Waals surface area contributed by atoms with Gasteiger partial charge in [0, 0.05) is 38.8 Å². The highest BCUT2D eigenvalue weighted by atomic mass is 16.5. The van der Waals surface area contributed by atoms with E-state index in [0.717, 1.165) is 45.8 Å². The minimum absolute atomic E-state index is 0.0652. The Balaban J connectivity index is 1.34. The van der Waals surface area contributed by atoms with E-state index in [-0.39, 0.29) is 6.03 Å². The van der Waals surface area contributed by atoms with Crippen molar-refractivity contribution in [3.8, 4) is 0 Å². The van der Waals surface area contributed by atoms with E-state index < -0.39 is 0 Å². The lowest BCUT2D eigenvalue weighted by molar-refractivity contribution is -0.0202. The Morgan fingerprint density at radius 2 is 1.90 bits per heavy atom. The van der Waals surface area contributed by atoms with Crippen LogP contribution in [0.5, 0.6) is 0 Å². The molecule has 2 fully saturated rings. The maximum absolute atomic E-state index is 12.0. The van der Waals surface area contributed by atoms with Gasteiger partial charge in [-0.3, -0.25) is 4.90 Å². The second-order valence-corrected chi connectivity index (χ2v) is 5.67. The van der Waals surface area contributed by atoms with Crippen LogP contribution in [0, 0.1) is 0 Å². The highest BCUT2D eigenvalue weighted by Gasteiger charge is 2.35. The minimum atomic E-state index is 0.0652. The van der Waals surface area contributed by atoms with Gasteiger partial charge in [0.15, 0.2) is 0 Å². The summed E-state index contributed by atoms with van der Waals surface area (Å²) >= 11 is 0. The number of morpholine rings is 1. The Labute approximate surface area is 125 Å². The molecular weight excluding hydrogens is 266 g/mol. The van der Waals surface area contributed by atoms with Crippen LogP contribution in [0.15, 0.2) is 30.3 Å². The van der Waals surface area contributed by atoms with Crippen molar-refractivity contribution in [1.29, 1.82) is 0 Å². The summed E-state index contributed by atoms with van der Waals surface area (Å²) in [4.78, 5) is 16.3. The van der Waals surface area contributed by atoms with Gasteiger partial charge in [-0.2, -0.15) is 0 Å². The summed E-state index contributed by atoms with van der Waals surface area (Å²) in [6.07, 6.45) is 0.882. The molecule has 2 amide bonds. The van der Waals surface area contributed by atoms with E-state index in [2.05, 4.69) is 22.3 Å². The highest BCUT2D eigenvalue weighted by Crippen LogP contribution is 2.16. The fraction of sp³-hybridized carbons (Fsp3) is 0.562. The number of hydrogen-bond donors (Lipinski definition) is 1. The number of likely N-dealkylation sites (tertiary alicyclic amines) is 1. The largest absolute Gasteiger partial charge is 0.379 e. The van der Waals surface area contributed by atoms with Gasteiger partial charge in [0.05, 0.1) is 13.2 Å². The van der Waals surface area contributed by atoms with Crippen LogP contribution in [-0.4, -0.2) is 67.8 Å². The molecular formula is C16H23N3O2. The van der Waals surface area contributed by atoms with Crippen molar-refractivity contribution < 1.29 is 9.53 Å². The third-order valence-electron chi connectivity index (χ3n) is 4.24. The van der Waals surface area contributed by atoms with Crippen LogP contribution in [0.1, 0.15) is 5.56 Å². The Bertz CT molecular complexity index is 454. The number of urea groups is 1. The van der Waals surface area contributed by atoms with Crippen molar-refractivity contribution in [1.82, 2.24) is 15.1 Å². The van der Waals surface area contributed by atoms with Gasteiger partial charge in [-0.15, -0.1) is 0 Å². The first-order chi connectivity index (χ1) is 10.3. The number of hydrogen-bond acceptors (Lipinski definition) is 3. The van der Waals surface area contributed by atoms with Crippen LogP contribution >= 0.6 is 0 Å². The predicted octanol–water partition coefficient (Wildman–Crippen LogP) is 0.955. The molecule has 1 aromatic carbocycles. The number of rotatable bonds is 4. The van der Waals surface area contributed by atoms with E-state index in [1.54, 1.807) is 0 Å². The molecule has 114 valence electrons. The zero-order valence-corrected chi connectivity index (χ0v) is 12.3. The molecule has 0 radical (unpaired) electrons. The number of benzene rings is 1. The Morgan fingerprint density at radius 3 is 2.62 bits per heavy atom. The SMILES string of the molecule is O=C(NCCc1ccccc1)N1CC(N2CCOCC2)C1. The molecule has 0 aliphatic carbocycles. The molecule has 0 atom stereocenters. The zero-order chi connectivity index (χ0) is 14.5. The lowest BCUT2D eigenvalue weighted by Crippen LogP contribution is -2.64. The normalized spacial score (nSPS) is 20.1. The van der Waals surface area contributed by atoms with E-state index in [4.69, 9.17) is 4.74 Å². The fourth-order valence-electron chi connectivity index (χ4n) is 2.86. The molecule has 5 heteroatoms. The van der Waals surface area contributed by atoms with Crippen LogP contribution < -0.4 is 5.32 Å². The van der Waals surface area contributed by atoms with Gasteiger partial charge >= 0.3 is 6.03 Å². The van der Waals surface area contributed by atoms with Crippen molar-refractivity contribution >= 4 is 6.03 Å². The summed E-state index contributed by atoms with van der Waals surface area (Å²) in [5, 5.41) is 3.00. The Morgan fingerprint density at radius 1 is 1.19 bits per heavy atom. The molecule has 2 heterocycles. The number of carbonyl (C=O) groups is 1. The van der Waals surface area contributed by atoms with Gasteiger partial charge in [-0.25, -0.2) is 4.79 Å². The summed E-state index contributed by atoms with van der Waals surface area (Å²) < 4.78 is 5.35. The van der Waals surface area contributed by atoms with Crippen LogP contribution in [0.3, 0.4) is 0 Å². The molecule has 3 rings (SSSR count). The molecule has 1 N–H and O–H groups in total. The van der Waals surface area contributed by atoms with Crippen molar-refractivity contribution in [3.63, 3.8) is 0 Å². The highest BCUT2D eigenvalue weighted by molar-refractivity contribution is 5.75. The van der Waals surface area contributed by atoms with E-state index in [1.807, 2.05) is 23.1 Å². The molecule has 0 saturated carbocycles. The average molecular weight is 289 g/mol. The van der Waals surface area contributed by atoms with Crippen LogP contribution in [0.25, 0.3) is 0 Å². The Hall–Kier alpha value is -1.59. The van der Waals surface area contributed by atoms with Gasteiger partial charge in [-0.1, -0.05) is 30.3 Å². The van der Waals surface area contributed by atoms with E-state index >= 15 is 0 Å². The first-order valence-corrected chi connectivity index (χ1v) is 7.71. The second-order valence-electron chi connectivity index (χ2n) is 5.67. The zero-order valence-electron chi connectivity index (χ0n) is 12.3. The van der Waals surface area contributed by atoms with Crippen LogP contribution in [0.4, 0.5) is 4.79 Å². The third kappa shape index (κ3) is 3.74. The topological polar surface area (TPSA) is 44.8 Å². The quantitative estimate of drug-likeness (QED) is 0.898. The summed E-state index contributed by atoms with van der Waals surface area (Å²) in [6.45, 7) is 6.01. The molecule has 1 aromatic rings. The summed E-state index contributed by atoms with van der Waals surface area (Å²) in [5.41, 5.74) is 1.26. The number of carbonyl (C=O) groups excluding carboxylic acids is 1. The molecule has 21 heavy (non-hydrogen) atoms. The lowest BCUT2D eigenvalue weighted by atomic mass is 10.1. The number of nitrogens with one attached hydrogen (secondary N) is 1. The number of nitrogens with zero attached hydrogens (tertiary/aromatic N) is 2. The summed E-state index contributed by atoms with van der Waals surface area (Å²) in [7, 11) is 0. The van der Waals surface area contributed by atoms with Gasteiger partial charge in [0.25, 0.3) is 0 Å². The van der Waals surface area contributed by atoms with E-state index in [0.29, 0.717) is 12.6 Å². The maximum atomic E-state index is 12.0. The third-order valence-corrected chi connectivity index (χ3v) is 4.24. The second kappa shape index (κ2) is 6.91. The first-order valence-electron chi connectivity index (χ1n) is 7.71. The molecule has 0 spiro atoms. The van der Waals surface area contributed by atoms with Crippen molar-refractivity contribution in [2.24, 2.45) is 0 Å². The van der Waals surface area contributed by atoms with E-state index in [1.165, 1.54) is 5.56 Å². The number of ether oxygens (including phenoxy) is 1. The average Bonchev–Trinajstić information content (AvgIpc) is 2.48. The maximum Gasteiger partial charge on any atom is 0.317 e. The van der Waals surface area contributed by atoms with Gasteiger partial charge in [0.1, 0.15) is 0 Å². The fourth-order valence-corrected chi connectivity index (χ4v) is 2.86. The molecule has 2 saturated heterocycles. The first kappa shape index (κ1) is 14.4. The minimum Gasteiger partial charge on any atom is -0.379 e. The van der Waals surface area contributed by atoms with Crippen molar-refractivity contribution in [2.75, 3.05) is 45.9 Å². The molecule has 0 unspecified atom stereocenters. The van der Waals surface area contributed by atoms with Gasteiger partial charge in [-0.05, 0) is 12.0 Å². The molecule has 2 aliphatic rings. The summed E-state index contributed by atoms with van der Waals surface area (Å²) in [6, 6.07) is 10.8. The standard InChI is InChI=1S/C16H23N3O2/c20-16(17-7-6-14-4-2-1-3-5-14)19-12-15(13-19)18-8-10-21-11-9-18/h1-5,15H,6-13H2,(H,17,20). The molecule has 0 bridgehead atoms. The monoisotopic (exact) mass is 289 g/mol. The Kier molecular flexibility index (Phi) is 4.72. The van der Waals surface area contributed by atoms with Crippen molar-refractivity contribution in [2.45, 2.75) is 12.5 Å². The summed E-state index contributed by atoms with van der Waals surface area (Å²) in [5.74, 6) is 0. The van der Waals surface area contributed by atoms with Gasteiger partial charge < -0.3 is 15.0 Å². The molecule has 0 aromatic heterocycles. The van der Waals surface area contributed by atoms with Crippen LogP contribution in [0.2, 0.25) is 0 Å².